The third kappa shape index (κ3) is 2.78. The van der Waals surface area contributed by atoms with Crippen molar-refractivity contribution in [2.24, 2.45) is 0 Å². The Morgan fingerprint density at radius 3 is 2.83 bits per heavy atom. The van der Waals surface area contributed by atoms with Crippen LogP contribution in [-0.4, -0.2) is 65.8 Å². The van der Waals surface area contributed by atoms with Crippen LogP contribution >= 0.6 is 11.6 Å². The topological polar surface area (TPSA) is 52.6 Å². The Morgan fingerprint density at radius 1 is 1.50 bits per heavy atom. The Kier molecular flexibility index (Phi) is 4.45. The molecule has 2 aliphatic rings. The number of rotatable bonds is 4. The summed E-state index contributed by atoms with van der Waals surface area (Å²) in [5.41, 5.74) is 0. The highest BCUT2D eigenvalue weighted by atomic mass is 35.5. The van der Waals surface area contributed by atoms with Crippen molar-refractivity contribution in [1.29, 1.82) is 0 Å². The van der Waals surface area contributed by atoms with Crippen LogP contribution in [-0.2, 0) is 9.59 Å². The Bertz CT molecular complexity index is 331. The second-order valence-corrected chi connectivity index (χ2v) is 5.20. The van der Waals surface area contributed by atoms with Crippen molar-refractivity contribution in [3.8, 4) is 0 Å². The van der Waals surface area contributed by atoms with Crippen molar-refractivity contribution in [3.63, 3.8) is 0 Å². The van der Waals surface area contributed by atoms with Crippen molar-refractivity contribution >= 4 is 23.4 Å². The number of likely N-dealkylation sites (tertiary alicyclic amines) is 2. The highest BCUT2D eigenvalue weighted by Gasteiger charge is 2.39. The highest BCUT2D eigenvalue weighted by molar-refractivity contribution is 6.27. The molecule has 2 aliphatic heterocycles. The number of alkyl halides is 1. The minimum Gasteiger partial charge on any atom is -0.350 e. The normalized spacial score (nSPS) is 26.0. The first-order valence-corrected chi connectivity index (χ1v) is 7.07. The summed E-state index contributed by atoms with van der Waals surface area (Å²) in [4.78, 5) is 27.3. The van der Waals surface area contributed by atoms with Gasteiger partial charge in [-0.15, -0.1) is 11.6 Å². The number of nitrogens with one attached hydrogen (secondary N) is 1. The van der Waals surface area contributed by atoms with Gasteiger partial charge in [-0.2, -0.15) is 0 Å². The number of amides is 2. The van der Waals surface area contributed by atoms with Crippen LogP contribution in [0, 0.1) is 0 Å². The van der Waals surface area contributed by atoms with Gasteiger partial charge in [-0.1, -0.05) is 0 Å². The van der Waals surface area contributed by atoms with Crippen molar-refractivity contribution in [1.82, 2.24) is 15.1 Å². The zero-order valence-electron chi connectivity index (χ0n) is 10.7. The first-order valence-electron chi connectivity index (χ1n) is 6.53. The summed E-state index contributed by atoms with van der Waals surface area (Å²) in [6.45, 7) is 5.20. The first kappa shape index (κ1) is 13.6. The van der Waals surface area contributed by atoms with E-state index in [-0.39, 0.29) is 29.8 Å². The van der Waals surface area contributed by atoms with Crippen molar-refractivity contribution in [3.05, 3.63) is 0 Å². The van der Waals surface area contributed by atoms with Gasteiger partial charge in [-0.25, -0.2) is 0 Å². The number of carbonyl (C=O) groups excluding carboxylic acids is 2. The Balaban J connectivity index is 1.80. The summed E-state index contributed by atoms with van der Waals surface area (Å²) in [5.74, 6) is 0.111. The molecule has 0 bridgehead atoms. The van der Waals surface area contributed by atoms with Gasteiger partial charge in [0.25, 0.3) is 0 Å². The van der Waals surface area contributed by atoms with Crippen molar-refractivity contribution in [2.45, 2.75) is 31.8 Å². The predicted molar refractivity (Wildman–Crippen MR) is 69.5 cm³/mol. The number of likely N-dealkylation sites (N-methyl/N-ethyl adjacent to an activating group) is 1. The molecule has 2 heterocycles. The SMILES string of the molecule is CCN1CCCC(N2CC(NC(=O)CCl)C2)C1=O. The van der Waals surface area contributed by atoms with E-state index in [1.807, 2.05) is 11.8 Å². The molecule has 0 saturated carbocycles. The Labute approximate surface area is 112 Å². The molecule has 1 N–H and O–H groups in total. The highest BCUT2D eigenvalue weighted by Crippen LogP contribution is 2.22. The van der Waals surface area contributed by atoms with Gasteiger partial charge < -0.3 is 10.2 Å². The number of carbonyl (C=O) groups is 2. The van der Waals surface area contributed by atoms with Gasteiger partial charge in [0.2, 0.25) is 11.8 Å². The van der Waals surface area contributed by atoms with Gasteiger partial charge in [0.1, 0.15) is 5.88 Å². The van der Waals surface area contributed by atoms with Crippen LogP contribution in [0.25, 0.3) is 0 Å². The first-order chi connectivity index (χ1) is 8.65. The predicted octanol–water partition coefficient (Wildman–Crippen LogP) is 0.0365. The van der Waals surface area contributed by atoms with Crippen LogP contribution in [0.5, 0.6) is 0 Å². The van der Waals surface area contributed by atoms with Crippen LogP contribution in [0.1, 0.15) is 19.8 Å². The lowest BCUT2D eigenvalue weighted by Gasteiger charge is -2.46. The van der Waals surface area contributed by atoms with Gasteiger partial charge in [0.05, 0.1) is 12.1 Å². The van der Waals surface area contributed by atoms with Crippen LogP contribution < -0.4 is 5.32 Å². The summed E-state index contributed by atoms with van der Waals surface area (Å²) in [7, 11) is 0. The lowest BCUT2D eigenvalue weighted by atomic mass is 9.97. The van der Waals surface area contributed by atoms with E-state index in [9.17, 15) is 9.59 Å². The number of nitrogens with zero attached hydrogens (tertiary/aromatic N) is 2. The summed E-state index contributed by atoms with van der Waals surface area (Å²) in [5, 5.41) is 2.84. The fraction of sp³-hybridized carbons (Fsp3) is 0.833. The lowest BCUT2D eigenvalue weighted by molar-refractivity contribution is -0.142. The van der Waals surface area contributed by atoms with Gasteiger partial charge in [-0.3, -0.25) is 14.5 Å². The molecule has 18 heavy (non-hydrogen) atoms. The molecule has 2 saturated heterocycles. The van der Waals surface area contributed by atoms with Gasteiger partial charge >= 0.3 is 0 Å². The van der Waals surface area contributed by atoms with Crippen LogP contribution in [0.3, 0.4) is 0 Å². The molecule has 0 aromatic heterocycles. The molecule has 2 amide bonds. The molecule has 0 aromatic carbocycles. The zero-order chi connectivity index (χ0) is 13.1. The molecule has 6 heteroatoms. The maximum Gasteiger partial charge on any atom is 0.239 e. The van der Waals surface area contributed by atoms with E-state index in [0.717, 1.165) is 39.0 Å². The molecule has 0 aromatic rings. The molecule has 2 rings (SSSR count). The molecule has 0 radical (unpaired) electrons. The fourth-order valence-corrected chi connectivity index (χ4v) is 2.77. The van der Waals surface area contributed by atoms with E-state index in [1.165, 1.54) is 0 Å². The number of piperidine rings is 1. The van der Waals surface area contributed by atoms with Gasteiger partial charge in [0.15, 0.2) is 0 Å². The molecule has 102 valence electrons. The molecule has 1 unspecified atom stereocenters. The maximum atomic E-state index is 12.2. The lowest BCUT2D eigenvalue weighted by Crippen LogP contribution is -2.66. The Morgan fingerprint density at radius 2 is 2.22 bits per heavy atom. The summed E-state index contributed by atoms with van der Waals surface area (Å²) in [6.07, 6.45) is 2.00. The maximum absolute atomic E-state index is 12.2. The number of halogens is 1. The second kappa shape index (κ2) is 5.89. The smallest absolute Gasteiger partial charge is 0.239 e. The van der Waals surface area contributed by atoms with Crippen molar-refractivity contribution < 1.29 is 9.59 Å². The second-order valence-electron chi connectivity index (χ2n) is 4.93. The van der Waals surface area contributed by atoms with Gasteiger partial charge in [0, 0.05) is 26.2 Å². The van der Waals surface area contributed by atoms with Crippen LogP contribution in [0.4, 0.5) is 0 Å². The van der Waals surface area contributed by atoms with E-state index >= 15 is 0 Å². The average Bonchev–Trinajstić information content (AvgIpc) is 2.34. The largest absolute Gasteiger partial charge is 0.350 e. The third-order valence-corrected chi connectivity index (χ3v) is 3.96. The van der Waals surface area contributed by atoms with E-state index in [0.29, 0.717) is 0 Å². The molecule has 2 fully saturated rings. The fourth-order valence-electron chi connectivity index (χ4n) is 2.70. The molecule has 0 spiro atoms. The quantitative estimate of drug-likeness (QED) is 0.736. The molecular formula is C12H20ClN3O2. The van der Waals surface area contributed by atoms with E-state index in [1.54, 1.807) is 0 Å². The summed E-state index contributed by atoms with van der Waals surface area (Å²) >= 11 is 5.44. The zero-order valence-corrected chi connectivity index (χ0v) is 11.4. The number of hydrogen-bond acceptors (Lipinski definition) is 3. The van der Waals surface area contributed by atoms with E-state index in [4.69, 9.17) is 11.6 Å². The molecule has 1 atom stereocenters. The van der Waals surface area contributed by atoms with Crippen LogP contribution in [0.2, 0.25) is 0 Å². The van der Waals surface area contributed by atoms with E-state index in [2.05, 4.69) is 10.2 Å². The van der Waals surface area contributed by atoms with E-state index < -0.39 is 0 Å². The van der Waals surface area contributed by atoms with Gasteiger partial charge in [-0.05, 0) is 19.8 Å². The van der Waals surface area contributed by atoms with Crippen molar-refractivity contribution in [2.75, 3.05) is 32.1 Å². The average molecular weight is 274 g/mol. The number of hydrogen-bond donors (Lipinski definition) is 1. The third-order valence-electron chi connectivity index (χ3n) is 3.72. The molecular weight excluding hydrogens is 254 g/mol. The molecule has 0 aliphatic carbocycles. The molecule has 5 nitrogen and oxygen atoms in total. The summed E-state index contributed by atoms with van der Waals surface area (Å²) < 4.78 is 0. The standard InChI is InChI=1S/C12H20ClN3O2/c1-2-15-5-3-4-10(12(15)18)16-7-9(8-16)14-11(17)6-13/h9-10H,2-8H2,1H3,(H,14,17). The minimum absolute atomic E-state index is 0.00245. The minimum atomic E-state index is -0.133. The summed E-state index contributed by atoms with van der Waals surface area (Å²) in [6, 6.07) is 0.170. The monoisotopic (exact) mass is 273 g/mol. The Hall–Kier alpha value is -0.810. The van der Waals surface area contributed by atoms with Crippen LogP contribution in [0.15, 0.2) is 0 Å².